The number of carbonyl (C=O) groups excluding carboxylic acids is 1. The molecule has 1 saturated heterocycles. The maximum atomic E-state index is 12.7. The minimum Gasteiger partial charge on any atom is -0.487 e. The van der Waals surface area contributed by atoms with E-state index in [4.69, 9.17) is 4.74 Å². The van der Waals surface area contributed by atoms with E-state index in [-0.39, 0.29) is 11.9 Å². The lowest BCUT2D eigenvalue weighted by molar-refractivity contribution is 0.0933. The van der Waals surface area contributed by atoms with Crippen molar-refractivity contribution in [2.45, 2.75) is 64.1 Å². The van der Waals surface area contributed by atoms with Crippen LogP contribution in [0.5, 0.6) is 5.75 Å². The molecule has 0 bridgehead atoms. The third kappa shape index (κ3) is 4.92. The standard InChI is InChI=1S/C22H29N3O2S/c1-16-23-19(15-28-16)14-27-21-7-5-6-17(12-21)22(26)24-18-8-9-20(13-18)25-10-3-2-4-11-25/h5-7,12,15,18,20H,2-4,8-11,13-14H2,1H3,(H,24,26). The van der Waals surface area contributed by atoms with Gasteiger partial charge in [-0.1, -0.05) is 12.5 Å². The molecule has 5 nitrogen and oxygen atoms in total. The number of nitrogens with zero attached hydrogens (tertiary/aromatic N) is 2. The maximum Gasteiger partial charge on any atom is 0.251 e. The Labute approximate surface area is 171 Å². The van der Waals surface area contributed by atoms with E-state index in [1.54, 1.807) is 11.3 Å². The second-order valence-electron chi connectivity index (χ2n) is 7.91. The molecule has 6 heteroatoms. The van der Waals surface area contributed by atoms with E-state index >= 15 is 0 Å². The molecule has 1 aromatic carbocycles. The van der Waals surface area contributed by atoms with Gasteiger partial charge in [-0.25, -0.2) is 4.98 Å². The highest BCUT2D eigenvalue weighted by atomic mass is 32.1. The van der Waals surface area contributed by atoms with E-state index in [1.807, 2.05) is 36.6 Å². The third-order valence-corrected chi connectivity index (χ3v) is 6.62. The molecule has 0 radical (unpaired) electrons. The fraction of sp³-hybridized carbons (Fsp3) is 0.545. The number of aryl methyl sites for hydroxylation is 1. The molecule has 2 aromatic rings. The molecule has 1 saturated carbocycles. The van der Waals surface area contributed by atoms with Crippen LogP contribution in [0.2, 0.25) is 0 Å². The maximum absolute atomic E-state index is 12.7. The summed E-state index contributed by atoms with van der Waals surface area (Å²) in [5.74, 6) is 0.704. The Morgan fingerprint density at radius 1 is 1.29 bits per heavy atom. The van der Waals surface area contributed by atoms with E-state index in [1.165, 1.54) is 38.8 Å². The molecule has 2 atom stereocenters. The summed E-state index contributed by atoms with van der Waals surface area (Å²) in [6.45, 7) is 4.86. The second kappa shape index (κ2) is 9.05. The van der Waals surface area contributed by atoms with Crippen molar-refractivity contribution in [3.8, 4) is 5.75 Å². The van der Waals surface area contributed by atoms with Crippen molar-refractivity contribution in [2.75, 3.05) is 13.1 Å². The first-order chi connectivity index (χ1) is 13.7. The summed E-state index contributed by atoms with van der Waals surface area (Å²) in [4.78, 5) is 19.8. The fourth-order valence-electron chi connectivity index (χ4n) is 4.33. The molecule has 2 aliphatic rings. The molecule has 1 amide bonds. The quantitative estimate of drug-likeness (QED) is 0.792. The summed E-state index contributed by atoms with van der Waals surface area (Å²) in [7, 11) is 0. The summed E-state index contributed by atoms with van der Waals surface area (Å²) >= 11 is 1.62. The monoisotopic (exact) mass is 399 g/mol. The van der Waals surface area contributed by atoms with Gasteiger partial charge in [0.05, 0.1) is 10.7 Å². The van der Waals surface area contributed by atoms with Crippen LogP contribution in [0.4, 0.5) is 0 Å². The van der Waals surface area contributed by atoms with Crippen molar-refractivity contribution in [1.29, 1.82) is 0 Å². The number of hydrogen-bond acceptors (Lipinski definition) is 5. The first-order valence-electron chi connectivity index (χ1n) is 10.4. The summed E-state index contributed by atoms with van der Waals surface area (Å²) in [6, 6.07) is 8.36. The van der Waals surface area contributed by atoms with Gasteiger partial charge in [0.15, 0.2) is 0 Å². The first-order valence-corrected chi connectivity index (χ1v) is 11.2. The van der Waals surface area contributed by atoms with Crippen molar-refractivity contribution < 1.29 is 9.53 Å². The van der Waals surface area contributed by atoms with Crippen LogP contribution in [-0.2, 0) is 6.61 Å². The topological polar surface area (TPSA) is 54.5 Å². The Bertz CT molecular complexity index is 801. The Kier molecular flexibility index (Phi) is 6.27. The summed E-state index contributed by atoms with van der Waals surface area (Å²) in [5, 5.41) is 6.27. The van der Waals surface area contributed by atoms with Gasteiger partial charge in [0, 0.05) is 23.0 Å². The van der Waals surface area contributed by atoms with Gasteiger partial charge in [0.2, 0.25) is 0 Å². The van der Waals surface area contributed by atoms with Crippen LogP contribution in [0.1, 0.15) is 59.6 Å². The molecule has 28 heavy (non-hydrogen) atoms. The van der Waals surface area contributed by atoms with Crippen LogP contribution < -0.4 is 10.1 Å². The number of carbonyl (C=O) groups is 1. The lowest BCUT2D eigenvalue weighted by Crippen LogP contribution is -2.39. The van der Waals surface area contributed by atoms with Crippen molar-refractivity contribution in [2.24, 2.45) is 0 Å². The van der Waals surface area contributed by atoms with Gasteiger partial charge in [0.25, 0.3) is 5.91 Å². The highest BCUT2D eigenvalue weighted by Gasteiger charge is 2.30. The predicted molar refractivity (Wildman–Crippen MR) is 112 cm³/mol. The van der Waals surface area contributed by atoms with E-state index in [0.29, 0.717) is 24.0 Å². The summed E-state index contributed by atoms with van der Waals surface area (Å²) in [6.07, 6.45) is 7.35. The van der Waals surface area contributed by atoms with Gasteiger partial charge in [-0.2, -0.15) is 0 Å². The second-order valence-corrected chi connectivity index (χ2v) is 8.97. The van der Waals surface area contributed by atoms with Crippen LogP contribution in [0.3, 0.4) is 0 Å². The number of nitrogens with one attached hydrogen (secondary N) is 1. The van der Waals surface area contributed by atoms with E-state index in [0.717, 1.165) is 23.5 Å². The van der Waals surface area contributed by atoms with Crippen LogP contribution in [0.25, 0.3) is 0 Å². The van der Waals surface area contributed by atoms with E-state index in [2.05, 4.69) is 15.2 Å². The smallest absolute Gasteiger partial charge is 0.251 e. The van der Waals surface area contributed by atoms with E-state index < -0.39 is 0 Å². The number of benzene rings is 1. The molecular weight excluding hydrogens is 370 g/mol. The molecule has 2 fully saturated rings. The van der Waals surface area contributed by atoms with Crippen molar-refractivity contribution in [3.05, 3.63) is 45.9 Å². The fourth-order valence-corrected chi connectivity index (χ4v) is 4.93. The van der Waals surface area contributed by atoms with Gasteiger partial charge >= 0.3 is 0 Å². The normalized spacial score (nSPS) is 22.9. The Morgan fingerprint density at radius 2 is 2.14 bits per heavy atom. The number of rotatable bonds is 6. The molecule has 1 aliphatic heterocycles. The SMILES string of the molecule is Cc1nc(COc2cccc(C(=O)NC3CCC(N4CCCCC4)C3)c2)cs1. The van der Waals surface area contributed by atoms with Crippen LogP contribution in [-0.4, -0.2) is 41.0 Å². The van der Waals surface area contributed by atoms with Crippen LogP contribution in [0, 0.1) is 6.92 Å². The number of likely N-dealkylation sites (tertiary alicyclic amines) is 1. The van der Waals surface area contributed by atoms with Crippen molar-refractivity contribution in [3.63, 3.8) is 0 Å². The average Bonchev–Trinajstić information content (AvgIpc) is 3.36. The highest BCUT2D eigenvalue weighted by Crippen LogP contribution is 2.27. The van der Waals surface area contributed by atoms with Crippen molar-refractivity contribution in [1.82, 2.24) is 15.2 Å². The third-order valence-electron chi connectivity index (χ3n) is 5.80. The Hall–Kier alpha value is -1.92. The molecule has 2 unspecified atom stereocenters. The zero-order valence-electron chi connectivity index (χ0n) is 16.5. The lowest BCUT2D eigenvalue weighted by Gasteiger charge is -2.32. The molecule has 150 valence electrons. The predicted octanol–water partition coefficient (Wildman–Crippen LogP) is 4.17. The molecular formula is C22H29N3O2S. The molecule has 0 spiro atoms. The zero-order chi connectivity index (χ0) is 19.3. The molecule has 2 heterocycles. The van der Waals surface area contributed by atoms with Crippen LogP contribution >= 0.6 is 11.3 Å². The number of amides is 1. The molecule has 1 N–H and O–H groups in total. The Balaban J connectivity index is 1.29. The van der Waals surface area contributed by atoms with Gasteiger partial charge in [-0.3, -0.25) is 4.79 Å². The Morgan fingerprint density at radius 3 is 2.93 bits per heavy atom. The summed E-state index contributed by atoms with van der Waals surface area (Å²) < 4.78 is 5.82. The number of thiazole rings is 1. The van der Waals surface area contributed by atoms with Gasteiger partial charge < -0.3 is 15.0 Å². The van der Waals surface area contributed by atoms with Crippen molar-refractivity contribution >= 4 is 17.2 Å². The number of hydrogen-bond donors (Lipinski definition) is 1. The zero-order valence-corrected chi connectivity index (χ0v) is 17.3. The average molecular weight is 400 g/mol. The minimum absolute atomic E-state index is 0.000697. The summed E-state index contributed by atoms with van der Waals surface area (Å²) in [5.41, 5.74) is 1.58. The van der Waals surface area contributed by atoms with Gasteiger partial charge in [-0.05, 0) is 70.3 Å². The number of ether oxygens (including phenoxy) is 1. The number of piperidine rings is 1. The highest BCUT2D eigenvalue weighted by molar-refractivity contribution is 7.09. The van der Waals surface area contributed by atoms with Gasteiger partial charge in [0.1, 0.15) is 12.4 Å². The largest absolute Gasteiger partial charge is 0.487 e. The lowest BCUT2D eigenvalue weighted by atomic mass is 10.1. The molecule has 1 aromatic heterocycles. The minimum atomic E-state index is -0.000697. The van der Waals surface area contributed by atoms with Crippen LogP contribution in [0.15, 0.2) is 29.6 Å². The molecule has 4 rings (SSSR count). The molecule has 1 aliphatic carbocycles. The number of aromatic nitrogens is 1. The first kappa shape index (κ1) is 19.4. The van der Waals surface area contributed by atoms with E-state index in [9.17, 15) is 4.79 Å². The van der Waals surface area contributed by atoms with Gasteiger partial charge in [-0.15, -0.1) is 11.3 Å².